The van der Waals surface area contributed by atoms with Crippen LogP contribution in [0.1, 0.15) is 23.9 Å². The first-order valence-corrected chi connectivity index (χ1v) is 8.09. The highest BCUT2D eigenvalue weighted by molar-refractivity contribution is 8.00. The summed E-state index contributed by atoms with van der Waals surface area (Å²) >= 11 is 1.40. The van der Waals surface area contributed by atoms with Crippen molar-refractivity contribution in [2.45, 2.75) is 38.1 Å². The first kappa shape index (κ1) is 16.5. The van der Waals surface area contributed by atoms with Crippen molar-refractivity contribution >= 4 is 23.4 Å². The maximum Gasteiger partial charge on any atom is 0.240 e. The van der Waals surface area contributed by atoms with E-state index in [9.17, 15) is 4.79 Å². The lowest BCUT2D eigenvalue weighted by molar-refractivity contribution is -0.117. The fourth-order valence-electron chi connectivity index (χ4n) is 2.05. The molecule has 0 spiro atoms. The van der Waals surface area contributed by atoms with Crippen molar-refractivity contribution in [3.05, 3.63) is 47.3 Å². The third-order valence-electron chi connectivity index (χ3n) is 3.72. The first-order chi connectivity index (χ1) is 10.4. The van der Waals surface area contributed by atoms with Gasteiger partial charge >= 0.3 is 0 Å². The molecule has 1 aromatic heterocycles. The Labute approximate surface area is 136 Å². The van der Waals surface area contributed by atoms with E-state index in [1.165, 1.54) is 11.8 Å². The number of aromatic nitrogens is 2. The molecule has 4 nitrogen and oxygen atoms in total. The van der Waals surface area contributed by atoms with Crippen LogP contribution in [-0.4, -0.2) is 28.2 Å². The van der Waals surface area contributed by atoms with Gasteiger partial charge < -0.3 is 4.90 Å². The predicted octanol–water partition coefficient (Wildman–Crippen LogP) is 3.55. The van der Waals surface area contributed by atoms with Gasteiger partial charge in [-0.3, -0.25) is 4.79 Å². The van der Waals surface area contributed by atoms with E-state index < -0.39 is 0 Å². The van der Waals surface area contributed by atoms with E-state index in [-0.39, 0.29) is 11.2 Å². The van der Waals surface area contributed by atoms with E-state index in [2.05, 4.69) is 9.97 Å². The molecule has 0 saturated heterocycles. The van der Waals surface area contributed by atoms with Crippen LogP contribution < -0.4 is 4.90 Å². The third kappa shape index (κ3) is 3.65. The minimum absolute atomic E-state index is 0.0377. The molecule has 0 aliphatic carbocycles. The van der Waals surface area contributed by atoms with Crippen molar-refractivity contribution in [2.24, 2.45) is 0 Å². The van der Waals surface area contributed by atoms with Gasteiger partial charge in [0, 0.05) is 24.1 Å². The molecule has 22 heavy (non-hydrogen) atoms. The lowest BCUT2D eigenvalue weighted by Gasteiger charge is -2.21. The number of anilines is 1. The molecule has 116 valence electrons. The van der Waals surface area contributed by atoms with Gasteiger partial charge in [-0.25, -0.2) is 9.97 Å². The molecule has 1 amide bonds. The van der Waals surface area contributed by atoms with Crippen molar-refractivity contribution in [2.75, 3.05) is 11.9 Å². The Bertz CT molecular complexity index is 650. The zero-order chi connectivity index (χ0) is 16.3. The van der Waals surface area contributed by atoms with E-state index in [1.54, 1.807) is 11.9 Å². The predicted molar refractivity (Wildman–Crippen MR) is 91.4 cm³/mol. The zero-order valence-electron chi connectivity index (χ0n) is 13.6. The summed E-state index contributed by atoms with van der Waals surface area (Å²) in [5.41, 5.74) is 3.92. The lowest BCUT2D eigenvalue weighted by Crippen LogP contribution is -2.33. The SMILES string of the molecule is Cc1nc(SC(C)C(=O)N(C)c2ccccc2)nc(C)c1C. The van der Waals surface area contributed by atoms with Gasteiger partial charge in [0.05, 0.1) is 5.25 Å². The molecule has 2 aromatic rings. The molecule has 0 radical (unpaired) electrons. The molecular weight excluding hydrogens is 294 g/mol. The average molecular weight is 315 g/mol. The Morgan fingerprint density at radius 2 is 1.64 bits per heavy atom. The van der Waals surface area contributed by atoms with E-state index in [4.69, 9.17) is 0 Å². The lowest BCUT2D eigenvalue weighted by atomic mass is 10.2. The van der Waals surface area contributed by atoms with Crippen molar-refractivity contribution in [1.29, 1.82) is 0 Å². The van der Waals surface area contributed by atoms with Crippen LogP contribution in [0.5, 0.6) is 0 Å². The summed E-state index contributed by atoms with van der Waals surface area (Å²) in [6.45, 7) is 7.84. The second-order valence-corrected chi connectivity index (χ2v) is 6.60. The molecule has 0 aliphatic rings. The van der Waals surface area contributed by atoms with E-state index in [0.29, 0.717) is 5.16 Å². The van der Waals surface area contributed by atoms with Crippen molar-refractivity contribution < 1.29 is 4.79 Å². The first-order valence-electron chi connectivity index (χ1n) is 7.21. The molecule has 0 N–H and O–H groups in total. The summed E-state index contributed by atoms with van der Waals surface area (Å²) in [7, 11) is 1.79. The highest BCUT2D eigenvalue weighted by Gasteiger charge is 2.21. The normalized spacial score (nSPS) is 12.0. The summed E-state index contributed by atoms with van der Waals surface area (Å²) < 4.78 is 0. The number of aryl methyl sites for hydroxylation is 2. The number of para-hydroxylation sites is 1. The molecule has 1 unspecified atom stereocenters. The molecule has 0 saturated carbocycles. The molecule has 0 fully saturated rings. The fourth-order valence-corrected chi connectivity index (χ4v) is 3.01. The average Bonchev–Trinajstić information content (AvgIpc) is 2.51. The molecule has 1 atom stereocenters. The third-order valence-corrected chi connectivity index (χ3v) is 4.66. The zero-order valence-corrected chi connectivity index (χ0v) is 14.4. The van der Waals surface area contributed by atoms with Gasteiger partial charge in [-0.1, -0.05) is 30.0 Å². The van der Waals surface area contributed by atoms with Gasteiger partial charge in [-0.15, -0.1) is 0 Å². The number of hydrogen-bond acceptors (Lipinski definition) is 4. The van der Waals surface area contributed by atoms with E-state index in [1.807, 2.05) is 58.0 Å². The van der Waals surface area contributed by atoms with Crippen LogP contribution >= 0.6 is 11.8 Å². The summed E-state index contributed by atoms with van der Waals surface area (Å²) in [6, 6.07) is 9.63. The molecule has 0 aliphatic heterocycles. The highest BCUT2D eigenvalue weighted by Crippen LogP contribution is 2.24. The Morgan fingerprint density at radius 3 is 2.18 bits per heavy atom. The van der Waals surface area contributed by atoms with Gasteiger partial charge in [0.2, 0.25) is 5.91 Å². The number of thioether (sulfide) groups is 1. The monoisotopic (exact) mass is 315 g/mol. The Hall–Kier alpha value is -1.88. The number of carbonyl (C=O) groups excluding carboxylic acids is 1. The highest BCUT2D eigenvalue weighted by atomic mass is 32.2. The van der Waals surface area contributed by atoms with Crippen molar-refractivity contribution in [1.82, 2.24) is 9.97 Å². The smallest absolute Gasteiger partial charge is 0.240 e. The second kappa shape index (κ2) is 6.92. The van der Waals surface area contributed by atoms with Gasteiger partial charge in [0.15, 0.2) is 5.16 Å². The summed E-state index contributed by atoms with van der Waals surface area (Å²) in [5, 5.41) is 0.412. The molecule has 1 heterocycles. The Morgan fingerprint density at radius 1 is 1.09 bits per heavy atom. The number of benzene rings is 1. The molecular formula is C17H21N3OS. The molecule has 1 aromatic carbocycles. The van der Waals surface area contributed by atoms with Gasteiger partial charge in [-0.2, -0.15) is 0 Å². The summed E-state index contributed by atoms with van der Waals surface area (Å²) in [6.07, 6.45) is 0. The van der Waals surface area contributed by atoms with Crippen LogP contribution in [0.15, 0.2) is 35.5 Å². The minimum atomic E-state index is -0.244. The number of hydrogen-bond donors (Lipinski definition) is 0. The maximum absolute atomic E-state index is 12.5. The number of rotatable bonds is 4. The van der Waals surface area contributed by atoms with Crippen molar-refractivity contribution in [3.8, 4) is 0 Å². The van der Waals surface area contributed by atoms with Crippen LogP contribution in [0, 0.1) is 20.8 Å². The number of carbonyl (C=O) groups is 1. The minimum Gasteiger partial charge on any atom is -0.315 e. The second-order valence-electron chi connectivity index (χ2n) is 5.29. The van der Waals surface area contributed by atoms with Crippen LogP contribution in [0.2, 0.25) is 0 Å². The van der Waals surface area contributed by atoms with Crippen LogP contribution in [0.25, 0.3) is 0 Å². The van der Waals surface area contributed by atoms with Crippen LogP contribution in [-0.2, 0) is 4.79 Å². The molecule has 5 heteroatoms. The summed E-state index contributed by atoms with van der Waals surface area (Å²) in [4.78, 5) is 23.1. The van der Waals surface area contributed by atoms with Gasteiger partial charge in [0.1, 0.15) is 0 Å². The molecule has 0 bridgehead atoms. The van der Waals surface area contributed by atoms with Crippen molar-refractivity contribution in [3.63, 3.8) is 0 Å². The van der Waals surface area contributed by atoms with Crippen LogP contribution in [0.3, 0.4) is 0 Å². The maximum atomic E-state index is 12.5. The van der Waals surface area contributed by atoms with Gasteiger partial charge in [0.25, 0.3) is 0 Å². The molecule has 2 rings (SSSR count). The van der Waals surface area contributed by atoms with Crippen LogP contribution in [0.4, 0.5) is 5.69 Å². The number of nitrogens with zero attached hydrogens (tertiary/aromatic N) is 3. The van der Waals surface area contributed by atoms with E-state index in [0.717, 1.165) is 22.6 Å². The Balaban J connectivity index is 2.12. The Kier molecular flexibility index (Phi) is 5.19. The summed E-state index contributed by atoms with van der Waals surface area (Å²) in [5.74, 6) is 0.0377. The standard InChI is InChI=1S/C17H21N3OS/c1-11-12(2)18-17(19-13(11)3)22-14(4)16(21)20(5)15-9-7-6-8-10-15/h6-10,14H,1-5H3. The topological polar surface area (TPSA) is 46.1 Å². The quantitative estimate of drug-likeness (QED) is 0.639. The van der Waals surface area contributed by atoms with Gasteiger partial charge in [-0.05, 0) is 45.4 Å². The fraction of sp³-hybridized carbons (Fsp3) is 0.353. The largest absolute Gasteiger partial charge is 0.315 e. The number of amides is 1. The van der Waals surface area contributed by atoms with E-state index >= 15 is 0 Å².